The fourth-order valence-corrected chi connectivity index (χ4v) is 2.32. The molecule has 1 aromatic rings. The Labute approximate surface area is 107 Å². The van der Waals surface area contributed by atoms with Gasteiger partial charge in [0.15, 0.2) is 0 Å². The summed E-state index contributed by atoms with van der Waals surface area (Å²) in [6.45, 7) is 6.00. The number of carbonyl (C=O) groups excluding carboxylic acids is 2. The summed E-state index contributed by atoms with van der Waals surface area (Å²) in [5.74, 6) is -0.117. The summed E-state index contributed by atoms with van der Waals surface area (Å²) in [5.41, 5.74) is 3.03. The second-order valence-electron chi connectivity index (χ2n) is 4.62. The van der Waals surface area contributed by atoms with Gasteiger partial charge in [-0.3, -0.25) is 14.5 Å². The predicted octanol–water partition coefficient (Wildman–Crippen LogP) is 1.54. The average molecular weight is 246 g/mol. The van der Waals surface area contributed by atoms with Crippen molar-refractivity contribution < 1.29 is 9.59 Å². The number of hydrogen-bond acceptors (Lipinski definition) is 2. The van der Waals surface area contributed by atoms with Crippen molar-refractivity contribution in [3.8, 4) is 0 Å². The third-order valence-corrected chi connectivity index (χ3v) is 3.52. The molecule has 2 rings (SSSR count). The van der Waals surface area contributed by atoms with Crippen molar-refractivity contribution >= 4 is 17.5 Å². The van der Waals surface area contributed by atoms with E-state index in [0.29, 0.717) is 6.42 Å². The van der Waals surface area contributed by atoms with Crippen LogP contribution in [0.5, 0.6) is 0 Å². The first-order chi connectivity index (χ1) is 8.56. The Bertz CT molecular complexity index is 497. The molecule has 0 spiro atoms. The number of hydrogen-bond donors (Lipinski definition) is 1. The van der Waals surface area contributed by atoms with E-state index in [9.17, 15) is 9.59 Å². The number of amides is 2. The number of nitrogens with one attached hydrogen (secondary N) is 1. The topological polar surface area (TPSA) is 49.4 Å². The van der Waals surface area contributed by atoms with E-state index < -0.39 is 6.04 Å². The molecule has 0 saturated carbocycles. The zero-order valence-electron chi connectivity index (χ0n) is 11.0. The van der Waals surface area contributed by atoms with E-state index >= 15 is 0 Å². The molecule has 1 aromatic carbocycles. The Morgan fingerprint density at radius 2 is 2.06 bits per heavy atom. The normalized spacial score (nSPS) is 19.9. The molecule has 1 unspecified atom stereocenters. The van der Waals surface area contributed by atoms with E-state index in [1.54, 1.807) is 4.90 Å². The van der Waals surface area contributed by atoms with Gasteiger partial charge in [-0.2, -0.15) is 0 Å². The van der Waals surface area contributed by atoms with Gasteiger partial charge in [-0.25, -0.2) is 0 Å². The lowest BCUT2D eigenvalue weighted by Crippen LogP contribution is -2.58. The molecule has 0 bridgehead atoms. The summed E-state index contributed by atoms with van der Waals surface area (Å²) in [6, 6.07) is 5.44. The van der Waals surface area contributed by atoms with Crippen LogP contribution in [-0.2, 0) is 9.59 Å². The number of piperazine rings is 1. The van der Waals surface area contributed by atoms with Gasteiger partial charge in [-0.1, -0.05) is 19.1 Å². The van der Waals surface area contributed by atoms with Gasteiger partial charge in [0, 0.05) is 5.69 Å². The quantitative estimate of drug-likeness (QED) is 0.860. The van der Waals surface area contributed by atoms with Crippen LogP contribution >= 0.6 is 0 Å². The highest BCUT2D eigenvalue weighted by molar-refractivity contribution is 6.06. The third kappa shape index (κ3) is 1.98. The van der Waals surface area contributed by atoms with Crippen LogP contribution in [0.2, 0.25) is 0 Å². The smallest absolute Gasteiger partial charge is 0.247 e. The summed E-state index contributed by atoms with van der Waals surface area (Å²) in [6.07, 6.45) is 0.616. The van der Waals surface area contributed by atoms with Crippen LogP contribution < -0.4 is 10.2 Å². The Balaban J connectivity index is 2.48. The Hall–Kier alpha value is -1.84. The maximum Gasteiger partial charge on any atom is 0.247 e. The highest BCUT2D eigenvalue weighted by Gasteiger charge is 2.34. The molecular formula is C14H18N2O2. The summed E-state index contributed by atoms with van der Waals surface area (Å²) >= 11 is 0. The van der Waals surface area contributed by atoms with E-state index in [1.165, 1.54) is 0 Å². The Morgan fingerprint density at radius 3 is 2.72 bits per heavy atom. The minimum Gasteiger partial charge on any atom is -0.345 e. The van der Waals surface area contributed by atoms with Crippen LogP contribution in [0.15, 0.2) is 18.2 Å². The van der Waals surface area contributed by atoms with Crippen LogP contribution in [0.25, 0.3) is 0 Å². The SMILES string of the molecule is CCC1C(=O)NCC(=O)N1c1cccc(C)c1C. The molecule has 4 heteroatoms. The van der Waals surface area contributed by atoms with Gasteiger partial charge in [0.05, 0.1) is 6.54 Å². The van der Waals surface area contributed by atoms with Crippen LogP contribution in [0.3, 0.4) is 0 Å². The first-order valence-corrected chi connectivity index (χ1v) is 6.22. The standard InChI is InChI=1S/C14H18N2O2/c1-4-11-14(18)15-8-13(17)16(11)12-7-5-6-9(2)10(12)3/h5-7,11H,4,8H2,1-3H3,(H,15,18). The molecule has 96 valence electrons. The van der Waals surface area contributed by atoms with Gasteiger partial charge in [0.2, 0.25) is 11.8 Å². The fraction of sp³-hybridized carbons (Fsp3) is 0.429. The first-order valence-electron chi connectivity index (χ1n) is 6.22. The van der Waals surface area contributed by atoms with Gasteiger partial charge in [-0.05, 0) is 37.5 Å². The molecule has 0 radical (unpaired) electrons. The van der Waals surface area contributed by atoms with E-state index in [4.69, 9.17) is 0 Å². The van der Waals surface area contributed by atoms with Gasteiger partial charge in [0.1, 0.15) is 6.04 Å². The number of carbonyl (C=O) groups is 2. The van der Waals surface area contributed by atoms with Gasteiger partial charge < -0.3 is 5.32 Å². The van der Waals surface area contributed by atoms with Crippen molar-refractivity contribution in [1.29, 1.82) is 0 Å². The summed E-state index contributed by atoms with van der Waals surface area (Å²) < 4.78 is 0. The minimum atomic E-state index is -0.397. The van der Waals surface area contributed by atoms with Gasteiger partial charge in [0.25, 0.3) is 0 Å². The van der Waals surface area contributed by atoms with Crippen molar-refractivity contribution in [2.24, 2.45) is 0 Å². The minimum absolute atomic E-state index is 0.0462. The third-order valence-electron chi connectivity index (χ3n) is 3.52. The molecule has 1 fully saturated rings. The lowest BCUT2D eigenvalue weighted by molar-refractivity contribution is -0.131. The van der Waals surface area contributed by atoms with Gasteiger partial charge >= 0.3 is 0 Å². The van der Waals surface area contributed by atoms with Gasteiger partial charge in [-0.15, -0.1) is 0 Å². The number of nitrogens with zero attached hydrogens (tertiary/aromatic N) is 1. The second-order valence-corrected chi connectivity index (χ2v) is 4.62. The zero-order chi connectivity index (χ0) is 13.3. The molecule has 1 saturated heterocycles. The fourth-order valence-electron chi connectivity index (χ4n) is 2.32. The molecule has 1 aliphatic heterocycles. The summed E-state index contributed by atoms with van der Waals surface area (Å²) in [7, 11) is 0. The Kier molecular flexibility index (Phi) is 3.36. The van der Waals surface area contributed by atoms with Crippen molar-refractivity contribution in [2.75, 3.05) is 11.4 Å². The molecule has 2 amide bonds. The van der Waals surface area contributed by atoms with Crippen molar-refractivity contribution in [1.82, 2.24) is 5.32 Å². The number of aryl methyl sites for hydroxylation is 1. The maximum atomic E-state index is 12.1. The lowest BCUT2D eigenvalue weighted by Gasteiger charge is -2.35. The summed E-state index contributed by atoms with van der Waals surface area (Å²) in [5, 5.41) is 2.64. The number of benzene rings is 1. The molecule has 1 N–H and O–H groups in total. The molecule has 0 aromatic heterocycles. The predicted molar refractivity (Wildman–Crippen MR) is 70.5 cm³/mol. The second kappa shape index (κ2) is 4.80. The van der Waals surface area contributed by atoms with Crippen LogP contribution in [0.4, 0.5) is 5.69 Å². The highest BCUT2D eigenvalue weighted by Crippen LogP contribution is 2.27. The zero-order valence-corrected chi connectivity index (χ0v) is 11.0. The van der Waals surface area contributed by atoms with Crippen molar-refractivity contribution in [3.63, 3.8) is 0 Å². The first kappa shape index (κ1) is 12.6. The molecule has 1 heterocycles. The van der Waals surface area contributed by atoms with E-state index in [0.717, 1.165) is 16.8 Å². The lowest BCUT2D eigenvalue weighted by atomic mass is 10.0. The van der Waals surface area contributed by atoms with Crippen molar-refractivity contribution in [2.45, 2.75) is 33.2 Å². The number of rotatable bonds is 2. The molecule has 0 aliphatic carbocycles. The van der Waals surface area contributed by atoms with E-state index in [-0.39, 0.29) is 18.4 Å². The van der Waals surface area contributed by atoms with Crippen molar-refractivity contribution in [3.05, 3.63) is 29.3 Å². The Morgan fingerprint density at radius 1 is 1.33 bits per heavy atom. The van der Waals surface area contributed by atoms with E-state index in [2.05, 4.69) is 5.32 Å². The average Bonchev–Trinajstić information content (AvgIpc) is 2.36. The molecule has 18 heavy (non-hydrogen) atoms. The van der Waals surface area contributed by atoms with E-state index in [1.807, 2.05) is 39.0 Å². The maximum absolute atomic E-state index is 12.1. The molecule has 1 aliphatic rings. The monoisotopic (exact) mass is 246 g/mol. The van der Waals surface area contributed by atoms with Crippen LogP contribution in [0, 0.1) is 13.8 Å². The van der Waals surface area contributed by atoms with Crippen LogP contribution in [0.1, 0.15) is 24.5 Å². The highest BCUT2D eigenvalue weighted by atomic mass is 16.2. The number of anilines is 1. The molecule has 4 nitrogen and oxygen atoms in total. The molecule has 1 atom stereocenters. The molecular weight excluding hydrogens is 228 g/mol. The summed E-state index contributed by atoms with van der Waals surface area (Å²) in [4.78, 5) is 25.6. The van der Waals surface area contributed by atoms with Crippen LogP contribution in [-0.4, -0.2) is 24.4 Å². The largest absolute Gasteiger partial charge is 0.345 e.